The molecule has 0 aliphatic rings. The summed E-state index contributed by atoms with van der Waals surface area (Å²) in [6, 6.07) is 4.10. The second kappa shape index (κ2) is 5.80. The molecule has 1 N–H and O–H groups in total. The van der Waals surface area contributed by atoms with Gasteiger partial charge in [0.2, 0.25) is 0 Å². The van der Waals surface area contributed by atoms with Gasteiger partial charge in [0.15, 0.2) is 0 Å². The molecule has 0 aliphatic carbocycles. The lowest BCUT2D eigenvalue weighted by molar-refractivity contribution is 0.669. The van der Waals surface area contributed by atoms with Crippen molar-refractivity contribution in [2.24, 2.45) is 0 Å². The second-order valence-electron chi connectivity index (χ2n) is 3.79. The van der Waals surface area contributed by atoms with Crippen molar-refractivity contribution in [2.45, 2.75) is 20.0 Å². The van der Waals surface area contributed by atoms with E-state index in [-0.39, 0.29) is 0 Å². The molecule has 0 amide bonds. The predicted molar refractivity (Wildman–Crippen MR) is 68.0 cm³/mol. The van der Waals surface area contributed by atoms with Gasteiger partial charge < -0.3 is 5.32 Å². The first-order valence-corrected chi connectivity index (χ1v) is 5.98. The Balaban J connectivity index is 1.98. The minimum absolute atomic E-state index is 0.647. The highest BCUT2D eigenvalue weighted by atomic mass is 35.5. The summed E-state index contributed by atoms with van der Waals surface area (Å²) >= 11 is 5.80. The van der Waals surface area contributed by atoms with E-state index in [1.807, 2.05) is 12.3 Å². The largest absolute Gasteiger partial charge is 0.313 e. The van der Waals surface area contributed by atoms with Crippen molar-refractivity contribution in [1.29, 1.82) is 0 Å². The first-order valence-electron chi connectivity index (χ1n) is 5.60. The first-order chi connectivity index (χ1) is 8.28. The normalized spacial score (nSPS) is 10.7. The SMILES string of the molecule is CCNCc1ccc(Cn2cc(Cl)cn2)nc1. The van der Waals surface area contributed by atoms with Crippen LogP contribution in [0.25, 0.3) is 0 Å². The molecule has 0 atom stereocenters. The smallest absolute Gasteiger partial charge is 0.0831 e. The lowest BCUT2D eigenvalue weighted by atomic mass is 10.2. The van der Waals surface area contributed by atoms with E-state index >= 15 is 0 Å². The molecule has 2 aromatic rings. The van der Waals surface area contributed by atoms with Gasteiger partial charge in [-0.05, 0) is 18.2 Å². The van der Waals surface area contributed by atoms with E-state index in [1.54, 1.807) is 17.1 Å². The Hall–Kier alpha value is -1.39. The third-order valence-electron chi connectivity index (χ3n) is 2.39. The summed E-state index contributed by atoms with van der Waals surface area (Å²) in [6.45, 7) is 4.56. The van der Waals surface area contributed by atoms with Crippen molar-refractivity contribution < 1.29 is 0 Å². The fourth-order valence-corrected chi connectivity index (χ4v) is 1.67. The minimum atomic E-state index is 0.647. The Kier molecular flexibility index (Phi) is 4.12. The molecule has 0 spiro atoms. The Bertz CT molecular complexity index is 464. The summed E-state index contributed by atoms with van der Waals surface area (Å²) in [5, 5.41) is 8.02. The highest BCUT2D eigenvalue weighted by molar-refractivity contribution is 6.30. The Morgan fingerprint density at radius 3 is 2.82 bits per heavy atom. The summed E-state index contributed by atoms with van der Waals surface area (Å²) in [5.74, 6) is 0. The van der Waals surface area contributed by atoms with E-state index in [0.29, 0.717) is 11.6 Å². The molecule has 90 valence electrons. The fourth-order valence-electron chi connectivity index (χ4n) is 1.51. The van der Waals surface area contributed by atoms with Gasteiger partial charge in [-0.1, -0.05) is 24.6 Å². The third kappa shape index (κ3) is 3.54. The summed E-state index contributed by atoms with van der Waals surface area (Å²) < 4.78 is 1.77. The third-order valence-corrected chi connectivity index (χ3v) is 2.59. The van der Waals surface area contributed by atoms with Crippen LogP contribution in [-0.2, 0) is 13.1 Å². The summed E-state index contributed by atoms with van der Waals surface area (Å²) in [5.41, 5.74) is 2.17. The average molecular weight is 251 g/mol. The van der Waals surface area contributed by atoms with Gasteiger partial charge >= 0.3 is 0 Å². The van der Waals surface area contributed by atoms with E-state index in [4.69, 9.17) is 11.6 Å². The summed E-state index contributed by atoms with van der Waals surface area (Å²) in [6.07, 6.45) is 5.31. The molecule has 0 aromatic carbocycles. The molecule has 0 saturated heterocycles. The summed E-state index contributed by atoms with van der Waals surface area (Å²) in [4.78, 5) is 4.39. The molecule has 2 heterocycles. The Morgan fingerprint density at radius 2 is 2.24 bits per heavy atom. The molecule has 0 unspecified atom stereocenters. The van der Waals surface area contributed by atoms with Crippen molar-refractivity contribution in [3.63, 3.8) is 0 Å². The minimum Gasteiger partial charge on any atom is -0.313 e. The van der Waals surface area contributed by atoms with Crippen LogP contribution in [0.5, 0.6) is 0 Å². The molecule has 0 fully saturated rings. The van der Waals surface area contributed by atoms with Gasteiger partial charge in [0.25, 0.3) is 0 Å². The van der Waals surface area contributed by atoms with E-state index in [2.05, 4.69) is 28.4 Å². The Labute approximate surface area is 106 Å². The molecular formula is C12H15ClN4. The molecule has 5 heteroatoms. The molecule has 4 nitrogen and oxygen atoms in total. The maximum atomic E-state index is 5.80. The lowest BCUT2D eigenvalue weighted by Crippen LogP contribution is -2.12. The fraction of sp³-hybridized carbons (Fsp3) is 0.333. The van der Waals surface area contributed by atoms with Crippen LogP contribution in [0.15, 0.2) is 30.7 Å². The topological polar surface area (TPSA) is 42.7 Å². The van der Waals surface area contributed by atoms with Crippen LogP contribution in [0.2, 0.25) is 5.02 Å². The molecule has 0 bridgehead atoms. The van der Waals surface area contributed by atoms with Crippen LogP contribution in [0.3, 0.4) is 0 Å². The van der Waals surface area contributed by atoms with Crippen LogP contribution >= 0.6 is 11.6 Å². The second-order valence-corrected chi connectivity index (χ2v) is 4.23. The average Bonchev–Trinajstić information content (AvgIpc) is 2.74. The zero-order chi connectivity index (χ0) is 12.1. The molecule has 2 aromatic heterocycles. The van der Waals surface area contributed by atoms with Crippen LogP contribution in [-0.4, -0.2) is 21.3 Å². The number of hydrogen-bond acceptors (Lipinski definition) is 3. The summed E-state index contributed by atoms with van der Waals surface area (Å²) in [7, 11) is 0. The Morgan fingerprint density at radius 1 is 1.35 bits per heavy atom. The first kappa shape index (κ1) is 12.1. The van der Waals surface area contributed by atoms with Gasteiger partial charge in [0, 0.05) is 18.9 Å². The van der Waals surface area contributed by atoms with Crippen LogP contribution in [0, 0.1) is 0 Å². The van der Waals surface area contributed by atoms with Crippen LogP contribution in [0.4, 0.5) is 0 Å². The number of pyridine rings is 1. The van der Waals surface area contributed by atoms with Gasteiger partial charge in [-0.25, -0.2) is 0 Å². The number of aromatic nitrogens is 3. The van der Waals surface area contributed by atoms with E-state index in [0.717, 1.165) is 18.8 Å². The zero-order valence-electron chi connectivity index (χ0n) is 9.73. The van der Waals surface area contributed by atoms with E-state index < -0.39 is 0 Å². The van der Waals surface area contributed by atoms with Gasteiger partial charge in [-0.15, -0.1) is 0 Å². The lowest BCUT2D eigenvalue weighted by Gasteiger charge is -2.04. The van der Waals surface area contributed by atoms with Crippen molar-refractivity contribution in [2.75, 3.05) is 6.54 Å². The number of nitrogens with zero attached hydrogens (tertiary/aromatic N) is 3. The molecule has 0 saturated carbocycles. The van der Waals surface area contributed by atoms with Crippen LogP contribution in [0.1, 0.15) is 18.2 Å². The van der Waals surface area contributed by atoms with E-state index in [1.165, 1.54) is 5.56 Å². The predicted octanol–water partition coefficient (Wildman–Crippen LogP) is 2.09. The highest BCUT2D eigenvalue weighted by Crippen LogP contribution is 2.07. The van der Waals surface area contributed by atoms with Crippen molar-refractivity contribution in [3.8, 4) is 0 Å². The number of rotatable bonds is 5. The standard InChI is InChI=1S/C12H15ClN4/c1-2-14-5-10-3-4-12(15-6-10)9-17-8-11(13)7-16-17/h3-4,6-8,14H,2,5,9H2,1H3. The molecule has 2 rings (SSSR count). The molecular weight excluding hydrogens is 236 g/mol. The van der Waals surface area contributed by atoms with Gasteiger partial charge in [-0.2, -0.15) is 5.10 Å². The quantitative estimate of drug-likeness (QED) is 0.884. The highest BCUT2D eigenvalue weighted by Gasteiger charge is 1.99. The number of nitrogens with one attached hydrogen (secondary N) is 1. The maximum absolute atomic E-state index is 5.80. The molecule has 0 radical (unpaired) electrons. The van der Waals surface area contributed by atoms with Crippen molar-refractivity contribution in [3.05, 3.63) is 47.0 Å². The van der Waals surface area contributed by atoms with Crippen molar-refractivity contribution in [1.82, 2.24) is 20.1 Å². The maximum Gasteiger partial charge on any atom is 0.0831 e. The zero-order valence-corrected chi connectivity index (χ0v) is 10.5. The van der Waals surface area contributed by atoms with Gasteiger partial charge in [0.05, 0.1) is 23.5 Å². The van der Waals surface area contributed by atoms with Crippen LogP contribution < -0.4 is 5.32 Å². The van der Waals surface area contributed by atoms with Gasteiger partial charge in [-0.3, -0.25) is 9.67 Å². The van der Waals surface area contributed by atoms with Crippen molar-refractivity contribution >= 4 is 11.6 Å². The molecule has 17 heavy (non-hydrogen) atoms. The van der Waals surface area contributed by atoms with E-state index in [9.17, 15) is 0 Å². The molecule has 0 aliphatic heterocycles. The number of halogens is 1. The van der Waals surface area contributed by atoms with Gasteiger partial charge in [0.1, 0.15) is 0 Å². The number of hydrogen-bond donors (Lipinski definition) is 1. The monoisotopic (exact) mass is 250 g/mol.